The molecule has 0 amide bonds. The number of nitrogens with one attached hydrogen (secondary N) is 2. The van der Waals surface area contributed by atoms with Crippen LogP contribution in [0, 0.1) is 5.41 Å². The Hall–Kier alpha value is -0.130. The first-order valence-corrected chi connectivity index (χ1v) is 7.52. The van der Waals surface area contributed by atoms with Gasteiger partial charge in [-0.05, 0) is 38.6 Å². The van der Waals surface area contributed by atoms with Crippen molar-refractivity contribution in [3.8, 4) is 0 Å². The van der Waals surface area contributed by atoms with Crippen LogP contribution in [0.15, 0.2) is 0 Å². The van der Waals surface area contributed by atoms with Crippen molar-refractivity contribution in [1.29, 1.82) is 0 Å². The van der Waals surface area contributed by atoms with Gasteiger partial charge in [0.1, 0.15) is 0 Å². The molecule has 1 saturated heterocycles. The second-order valence-electron chi connectivity index (χ2n) is 5.54. The van der Waals surface area contributed by atoms with Crippen molar-refractivity contribution >= 4 is 10.0 Å². The summed E-state index contributed by atoms with van der Waals surface area (Å²) in [7, 11) is -3.14. The summed E-state index contributed by atoms with van der Waals surface area (Å²) in [4.78, 5) is 0. The van der Waals surface area contributed by atoms with Crippen LogP contribution in [0.2, 0.25) is 0 Å². The highest BCUT2D eigenvalue weighted by Gasteiger charge is 2.32. The van der Waals surface area contributed by atoms with Gasteiger partial charge in [0.15, 0.2) is 0 Å². The van der Waals surface area contributed by atoms with E-state index in [1.807, 2.05) is 0 Å². The third-order valence-corrected chi connectivity index (χ3v) is 5.25. The molecule has 5 heteroatoms. The summed E-state index contributed by atoms with van der Waals surface area (Å²) >= 11 is 0. The van der Waals surface area contributed by atoms with Gasteiger partial charge in [-0.2, -0.15) is 0 Å². The van der Waals surface area contributed by atoms with Gasteiger partial charge in [0.05, 0.1) is 5.25 Å². The van der Waals surface area contributed by atoms with Crippen LogP contribution in [0.1, 0.15) is 40.5 Å². The van der Waals surface area contributed by atoms with Crippen molar-refractivity contribution in [3.05, 3.63) is 0 Å². The molecule has 2 N–H and O–H groups in total. The highest BCUT2D eigenvalue weighted by molar-refractivity contribution is 7.90. The van der Waals surface area contributed by atoms with Crippen molar-refractivity contribution in [2.45, 2.75) is 51.8 Å². The van der Waals surface area contributed by atoms with Crippen LogP contribution < -0.4 is 10.0 Å². The van der Waals surface area contributed by atoms with E-state index < -0.39 is 10.0 Å². The van der Waals surface area contributed by atoms with E-state index in [1.54, 1.807) is 13.8 Å². The predicted octanol–water partition coefficient (Wildman–Crippen LogP) is 1.09. The number of rotatable bonds is 4. The molecule has 1 rings (SSSR count). The fourth-order valence-corrected chi connectivity index (χ4v) is 2.72. The fraction of sp³-hybridized carbons (Fsp3) is 1.00. The van der Waals surface area contributed by atoms with E-state index >= 15 is 0 Å². The molecule has 1 atom stereocenters. The maximum absolute atomic E-state index is 11.6. The van der Waals surface area contributed by atoms with Crippen LogP contribution in [-0.4, -0.2) is 32.8 Å². The molecular formula is C11H24N2O2S. The summed E-state index contributed by atoms with van der Waals surface area (Å²) in [6.07, 6.45) is 2.31. The average Bonchev–Trinajstić information content (AvgIpc) is 2.15. The lowest BCUT2D eigenvalue weighted by Crippen LogP contribution is -2.53. The second kappa shape index (κ2) is 5.02. The van der Waals surface area contributed by atoms with Crippen molar-refractivity contribution in [2.75, 3.05) is 13.1 Å². The minimum absolute atomic E-state index is 0.164. The molecule has 1 unspecified atom stereocenters. The van der Waals surface area contributed by atoms with Gasteiger partial charge in [-0.1, -0.05) is 13.8 Å². The highest BCUT2D eigenvalue weighted by Crippen LogP contribution is 2.29. The molecule has 1 heterocycles. The van der Waals surface area contributed by atoms with Gasteiger partial charge in [0.25, 0.3) is 0 Å². The zero-order valence-electron chi connectivity index (χ0n) is 10.7. The maximum Gasteiger partial charge on any atom is 0.213 e. The maximum atomic E-state index is 11.6. The molecule has 96 valence electrons. The Bertz CT molecular complexity index is 323. The molecule has 0 radical (unpaired) electrons. The van der Waals surface area contributed by atoms with E-state index in [2.05, 4.69) is 23.9 Å². The number of piperidine rings is 1. The Morgan fingerprint density at radius 2 is 2.06 bits per heavy atom. The number of hydrogen-bond acceptors (Lipinski definition) is 3. The van der Waals surface area contributed by atoms with Crippen molar-refractivity contribution in [3.63, 3.8) is 0 Å². The van der Waals surface area contributed by atoms with Gasteiger partial charge >= 0.3 is 0 Å². The summed E-state index contributed by atoms with van der Waals surface area (Å²) in [5.41, 5.74) is 0.164. The molecule has 0 bridgehead atoms. The van der Waals surface area contributed by atoms with Crippen LogP contribution in [0.4, 0.5) is 0 Å². The number of sulfonamides is 1. The minimum Gasteiger partial charge on any atom is -0.312 e. The van der Waals surface area contributed by atoms with Crippen molar-refractivity contribution in [2.24, 2.45) is 5.41 Å². The largest absolute Gasteiger partial charge is 0.312 e. The first-order valence-electron chi connectivity index (χ1n) is 5.97. The van der Waals surface area contributed by atoms with E-state index in [9.17, 15) is 8.42 Å². The summed E-state index contributed by atoms with van der Waals surface area (Å²) in [6, 6.07) is 0.231. The molecule has 4 nitrogen and oxygen atoms in total. The Balaban J connectivity index is 2.55. The fourth-order valence-electron chi connectivity index (χ4n) is 1.99. The molecule has 1 aliphatic heterocycles. The third-order valence-electron chi connectivity index (χ3n) is 3.44. The lowest BCUT2D eigenvalue weighted by Gasteiger charge is -2.39. The zero-order chi connectivity index (χ0) is 12.4. The molecule has 1 fully saturated rings. The lowest BCUT2D eigenvalue weighted by atomic mass is 9.78. The predicted molar refractivity (Wildman–Crippen MR) is 66.9 cm³/mol. The molecule has 0 aromatic rings. The highest BCUT2D eigenvalue weighted by atomic mass is 32.2. The van der Waals surface area contributed by atoms with Crippen molar-refractivity contribution < 1.29 is 8.42 Å². The van der Waals surface area contributed by atoms with Gasteiger partial charge in [-0.3, -0.25) is 0 Å². The molecule has 0 aliphatic carbocycles. The van der Waals surface area contributed by atoms with Crippen molar-refractivity contribution in [1.82, 2.24) is 10.0 Å². The Morgan fingerprint density at radius 3 is 2.56 bits per heavy atom. The van der Waals surface area contributed by atoms with E-state index in [1.165, 1.54) is 6.42 Å². The minimum atomic E-state index is -3.14. The standard InChI is InChI=1S/C11H24N2O2S/c1-9(2)16(14,15)13-8-10-11(3,4)6-5-7-12-10/h9-10,12-13H,5-8H2,1-4H3. The van der Waals surface area contributed by atoms with Gasteiger partial charge in [-0.15, -0.1) is 0 Å². The van der Waals surface area contributed by atoms with E-state index in [4.69, 9.17) is 0 Å². The molecule has 0 spiro atoms. The van der Waals surface area contributed by atoms with Crippen LogP contribution in [0.3, 0.4) is 0 Å². The second-order valence-corrected chi connectivity index (χ2v) is 7.86. The smallest absolute Gasteiger partial charge is 0.213 e. The molecule has 16 heavy (non-hydrogen) atoms. The third kappa shape index (κ3) is 3.43. The quantitative estimate of drug-likeness (QED) is 0.783. The Morgan fingerprint density at radius 1 is 1.44 bits per heavy atom. The number of hydrogen-bond donors (Lipinski definition) is 2. The molecule has 0 aromatic carbocycles. The zero-order valence-corrected chi connectivity index (χ0v) is 11.5. The van der Waals surface area contributed by atoms with Crippen LogP contribution >= 0.6 is 0 Å². The van der Waals surface area contributed by atoms with E-state index in [0.717, 1.165) is 13.0 Å². The lowest BCUT2D eigenvalue weighted by molar-refractivity contribution is 0.181. The topological polar surface area (TPSA) is 58.2 Å². The van der Waals surface area contributed by atoms with E-state index in [-0.39, 0.29) is 16.7 Å². The normalized spacial score (nSPS) is 25.9. The van der Waals surface area contributed by atoms with Gasteiger partial charge in [-0.25, -0.2) is 13.1 Å². The summed E-state index contributed by atoms with van der Waals surface area (Å²) < 4.78 is 26.0. The Labute approximate surface area is 99.2 Å². The van der Waals surface area contributed by atoms with Gasteiger partial charge < -0.3 is 5.32 Å². The molecule has 0 saturated carbocycles. The monoisotopic (exact) mass is 248 g/mol. The SMILES string of the molecule is CC(C)S(=O)(=O)NCC1NCCCC1(C)C. The van der Waals surface area contributed by atoms with Crippen LogP contribution in [0.5, 0.6) is 0 Å². The molecule has 0 aromatic heterocycles. The first kappa shape index (κ1) is 13.9. The summed E-state index contributed by atoms with van der Waals surface area (Å²) in [5.74, 6) is 0. The summed E-state index contributed by atoms with van der Waals surface area (Å²) in [5, 5.41) is 3.03. The van der Waals surface area contributed by atoms with Gasteiger partial charge in [0, 0.05) is 12.6 Å². The first-order chi connectivity index (χ1) is 7.26. The van der Waals surface area contributed by atoms with Crippen LogP contribution in [-0.2, 0) is 10.0 Å². The molecule has 1 aliphatic rings. The summed E-state index contributed by atoms with van der Waals surface area (Å²) in [6.45, 7) is 9.25. The van der Waals surface area contributed by atoms with Crippen LogP contribution in [0.25, 0.3) is 0 Å². The Kier molecular flexibility index (Phi) is 4.37. The molecular weight excluding hydrogens is 224 g/mol. The average molecular weight is 248 g/mol. The van der Waals surface area contributed by atoms with Gasteiger partial charge in [0.2, 0.25) is 10.0 Å². The van der Waals surface area contributed by atoms with E-state index in [0.29, 0.717) is 6.54 Å².